The second-order valence-corrected chi connectivity index (χ2v) is 10.4. The van der Waals surface area contributed by atoms with Gasteiger partial charge in [0.1, 0.15) is 5.82 Å². The monoisotopic (exact) mass is 504 g/mol. The molecule has 0 N–H and O–H groups in total. The van der Waals surface area contributed by atoms with Crippen LogP contribution in [0.15, 0.2) is 42.5 Å². The molecule has 1 heterocycles. The van der Waals surface area contributed by atoms with E-state index < -0.39 is 35.0 Å². The van der Waals surface area contributed by atoms with Crippen LogP contribution in [0, 0.1) is 11.7 Å². The Kier molecular flexibility index (Phi) is 8.89. The van der Waals surface area contributed by atoms with E-state index in [1.54, 1.807) is 12.1 Å². The zero-order chi connectivity index (χ0) is 25.7. The minimum absolute atomic E-state index is 0.0774. The SMILES string of the molecule is CCCC1CCC(c2ccc(/C(F)=C(\F)c3ccc(C4OCC(F)(CCC)CO4)cc3F)cc2)CC1. The summed E-state index contributed by atoms with van der Waals surface area (Å²) in [5.41, 5.74) is -0.530. The Hall–Kier alpha value is -2.18. The number of halogens is 4. The van der Waals surface area contributed by atoms with Crippen LogP contribution in [0.3, 0.4) is 0 Å². The molecule has 6 heteroatoms. The first-order valence-corrected chi connectivity index (χ1v) is 13.2. The zero-order valence-electron chi connectivity index (χ0n) is 21.2. The molecule has 2 nitrogen and oxygen atoms in total. The molecule has 2 aromatic carbocycles. The highest BCUT2D eigenvalue weighted by atomic mass is 19.2. The van der Waals surface area contributed by atoms with Crippen LogP contribution in [0.4, 0.5) is 17.6 Å². The molecule has 1 aliphatic heterocycles. The number of alkyl halides is 1. The zero-order valence-corrected chi connectivity index (χ0v) is 21.2. The molecule has 0 aromatic heterocycles. The third-order valence-corrected chi connectivity index (χ3v) is 7.56. The largest absolute Gasteiger partial charge is 0.345 e. The Balaban J connectivity index is 1.43. The molecule has 1 saturated heterocycles. The van der Waals surface area contributed by atoms with Crippen LogP contribution in [-0.4, -0.2) is 18.9 Å². The maximum absolute atomic E-state index is 15.0. The van der Waals surface area contributed by atoms with Crippen molar-refractivity contribution in [3.63, 3.8) is 0 Å². The van der Waals surface area contributed by atoms with E-state index >= 15 is 0 Å². The average Bonchev–Trinajstić information content (AvgIpc) is 2.89. The minimum Gasteiger partial charge on any atom is -0.345 e. The Morgan fingerprint density at radius 3 is 2.08 bits per heavy atom. The quantitative estimate of drug-likeness (QED) is 0.263. The van der Waals surface area contributed by atoms with Gasteiger partial charge in [-0.05, 0) is 61.6 Å². The van der Waals surface area contributed by atoms with Crippen LogP contribution in [-0.2, 0) is 9.47 Å². The summed E-state index contributed by atoms with van der Waals surface area (Å²) in [7, 11) is 0. The maximum Gasteiger partial charge on any atom is 0.184 e. The van der Waals surface area contributed by atoms with Crippen LogP contribution in [0.1, 0.15) is 99.7 Å². The van der Waals surface area contributed by atoms with Crippen molar-refractivity contribution in [3.05, 3.63) is 70.5 Å². The van der Waals surface area contributed by atoms with Crippen LogP contribution < -0.4 is 0 Å². The summed E-state index contributed by atoms with van der Waals surface area (Å²) in [5, 5.41) is 0. The molecular formula is C30H36F4O2. The summed E-state index contributed by atoms with van der Waals surface area (Å²) in [6, 6.07) is 10.5. The fourth-order valence-corrected chi connectivity index (χ4v) is 5.52. The summed E-state index contributed by atoms with van der Waals surface area (Å²) in [6.45, 7) is 3.77. The predicted molar refractivity (Wildman–Crippen MR) is 135 cm³/mol. The van der Waals surface area contributed by atoms with E-state index in [0.717, 1.165) is 30.4 Å². The maximum atomic E-state index is 15.0. The first-order valence-electron chi connectivity index (χ1n) is 13.2. The summed E-state index contributed by atoms with van der Waals surface area (Å²) in [4.78, 5) is 0. The highest BCUT2D eigenvalue weighted by molar-refractivity contribution is 5.83. The lowest BCUT2D eigenvalue weighted by Crippen LogP contribution is -2.41. The van der Waals surface area contributed by atoms with Crippen LogP contribution in [0.25, 0.3) is 11.7 Å². The second kappa shape index (κ2) is 11.9. The molecule has 2 aliphatic rings. The molecule has 0 bridgehead atoms. The van der Waals surface area contributed by atoms with Crippen molar-refractivity contribution in [2.45, 2.75) is 83.1 Å². The standard InChI is InChI=1S/C30H36F4O2/c1-3-5-20-6-8-21(9-7-20)22-10-12-23(13-11-22)27(32)28(33)25-15-14-24(17-26(25)31)29-35-18-30(34,16-4-2)19-36-29/h10-15,17,20-21,29H,3-9,16,18-19H2,1-2H3/b28-27+. The van der Waals surface area contributed by atoms with E-state index in [-0.39, 0.29) is 18.8 Å². The molecule has 0 unspecified atom stereocenters. The molecule has 0 spiro atoms. The summed E-state index contributed by atoms with van der Waals surface area (Å²) in [5.74, 6) is -2.05. The van der Waals surface area contributed by atoms with Crippen molar-refractivity contribution in [2.24, 2.45) is 5.92 Å². The van der Waals surface area contributed by atoms with E-state index in [2.05, 4.69) is 6.92 Å². The molecule has 2 aromatic rings. The summed E-state index contributed by atoms with van der Waals surface area (Å²) in [6.07, 6.45) is 7.16. The smallest absolute Gasteiger partial charge is 0.184 e. The van der Waals surface area contributed by atoms with Gasteiger partial charge >= 0.3 is 0 Å². The predicted octanol–water partition coefficient (Wildman–Crippen LogP) is 9.22. The second-order valence-electron chi connectivity index (χ2n) is 10.4. The normalized spacial score (nSPS) is 27.6. The van der Waals surface area contributed by atoms with Crippen LogP contribution in [0.5, 0.6) is 0 Å². The number of hydrogen-bond donors (Lipinski definition) is 0. The summed E-state index contributed by atoms with van der Waals surface area (Å²) < 4.78 is 70.1. The number of hydrogen-bond acceptors (Lipinski definition) is 2. The first-order chi connectivity index (χ1) is 17.3. The van der Waals surface area contributed by atoms with Crippen molar-refractivity contribution >= 4 is 11.7 Å². The van der Waals surface area contributed by atoms with Gasteiger partial charge < -0.3 is 9.47 Å². The number of benzene rings is 2. The molecule has 0 radical (unpaired) electrons. The van der Waals surface area contributed by atoms with E-state index in [1.807, 2.05) is 19.1 Å². The molecule has 36 heavy (non-hydrogen) atoms. The highest BCUT2D eigenvalue weighted by Gasteiger charge is 2.37. The lowest BCUT2D eigenvalue weighted by molar-refractivity contribution is -0.239. The van der Waals surface area contributed by atoms with Gasteiger partial charge in [-0.2, -0.15) is 0 Å². The van der Waals surface area contributed by atoms with E-state index in [9.17, 15) is 17.6 Å². The van der Waals surface area contributed by atoms with Gasteiger partial charge in [0, 0.05) is 16.7 Å². The molecular weight excluding hydrogens is 468 g/mol. The Morgan fingerprint density at radius 2 is 1.50 bits per heavy atom. The molecule has 196 valence electrons. The van der Waals surface area contributed by atoms with Gasteiger partial charge in [-0.3, -0.25) is 0 Å². The third-order valence-electron chi connectivity index (χ3n) is 7.56. The van der Waals surface area contributed by atoms with Crippen LogP contribution in [0.2, 0.25) is 0 Å². The molecule has 0 atom stereocenters. The van der Waals surface area contributed by atoms with Gasteiger partial charge in [0.25, 0.3) is 0 Å². The topological polar surface area (TPSA) is 18.5 Å². The van der Waals surface area contributed by atoms with Crippen molar-refractivity contribution < 1.29 is 27.0 Å². The van der Waals surface area contributed by atoms with Crippen LogP contribution >= 0.6 is 0 Å². The molecule has 4 rings (SSSR count). The Bertz CT molecular complexity index is 1030. The summed E-state index contributed by atoms with van der Waals surface area (Å²) >= 11 is 0. The fraction of sp³-hybridized carbons (Fsp3) is 0.533. The molecule has 0 amide bonds. The first kappa shape index (κ1) is 26.9. The molecule has 1 saturated carbocycles. The van der Waals surface area contributed by atoms with Gasteiger partial charge in [-0.25, -0.2) is 17.6 Å². The lowest BCUT2D eigenvalue weighted by Gasteiger charge is -2.34. The Morgan fingerprint density at radius 1 is 0.861 bits per heavy atom. The van der Waals surface area contributed by atoms with Crippen molar-refractivity contribution in [2.75, 3.05) is 13.2 Å². The van der Waals surface area contributed by atoms with Gasteiger partial charge in [0.15, 0.2) is 23.6 Å². The van der Waals surface area contributed by atoms with Crippen molar-refractivity contribution in [1.29, 1.82) is 0 Å². The molecule has 1 aliphatic carbocycles. The van der Waals surface area contributed by atoms with Crippen molar-refractivity contribution in [1.82, 2.24) is 0 Å². The van der Waals surface area contributed by atoms with Gasteiger partial charge in [0.2, 0.25) is 0 Å². The molecule has 2 fully saturated rings. The fourth-order valence-electron chi connectivity index (χ4n) is 5.52. The number of ether oxygens (including phenoxy) is 2. The number of rotatable bonds is 8. The third kappa shape index (κ3) is 6.20. The van der Waals surface area contributed by atoms with Gasteiger partial charge in [0.05, 0.1) is 13.2 Å². The lowest BCUT2D eigenvalue weighted by atomic mass is 9.77. The van der Waals surface area contributed by atoms with E-state index in [0.29, 0.717) is 24.3 Å². The van der Waals surface area contributed by atoms with Gasteiger partial charge in [-0.15, -0.1) is 0 Å². The average molecular weight is 505 g/mol. The highest BCUT2D eigenvalue weighted by Crippen LogP contribution is 2.39. The van der Waals surface area contributed by atoms with E-state index in [1.165, 1.54) is 37.8 Å². The minimum atomic E-state index is -1.56. The van der Waals surface area contributed by atoms with E-state index in [4.69, 9.17) is 9.47 Å². The van der Waals surface area contributed by atoms with Crippen molar-refractivity contribution in [3.8, 4) is 0 Å². The Labute approximate surface area is 211 Å². The van der Waals surface area contributed by atoms with Gasteiger partial charge in [-0.1, -0.05) is 63.4 Å².